The van der Waals surface area contributed by atoms with Crippen LogP contribution in [0, 0.1) is 0 Å². The zero-order valence-corrected chi connectivity index (χ0v) is 9.37. The van der Waals surface area contributed by atoms with Gasteiger partial charge < -0.3 is 0 Å². The van der Waals surface area contributed by atoms with E-state index in [1.807, 2.05) is 0 Å². The lowest BCUT2D eigenvalue weighted by molar-refractivity contribution is -0.129. The normalized spacial score (nSPS) is 17.7. The zero-order valence-electron chi connectivity index (χ0n) is 4.93. The molecular weight excluding hydrogens is 263 g/mol. The Labute approximate surface area is 83.5 Å². The van der Waals surface area contributed by atoms with E-state index in [-0.39, 0.29) is 0 Å². The second-order valence-corrected chi connectivity index (χ2v) is 6.86. The molecule has 1 atom stereocenters. The molecule has 0 radical (unpaired) electrons. The van der Waals surface area contributed by atoms with Gasteiger partial charge in [-0.1, -0.05) is 0 Å². The lowest BCUT2D eigenvalue weighted by Gasteiger charge is -2.23. The Bertz CT molecular complexity index is 135. The fourth-order valence-electron chi connectivity index (χ4n) is 0.307. The van der Waals surface area contributed by atoms with Gasteiger partial charge in [-0.15, -0.1) is 34.8 Å². The Balaban J connectivity index is 4.35. The van der Waals surface area contributed by atoms with Crippen molar-refractivity contribution >= 4 is 54.7 Å². The van der Waals surface area contributed by atoms with E-state index >= 15 is 0 Å². The molecule has 0 aromatic rings. The van der Waals surface area contributed by atoms with Crippen molar-refractivity contribution in [2.45, 2.75) is 15.5 Å². The van der Waals surface area contributed by atoms with E-state index in [1.165, 1.54) is 0 Å². The molecule has 0 spiro atoms. The summed E-state index contributed by atoms with van der Waals surface area (Å²) in [6.07, 6.45) is -4.60. The van der Waals surface area contributed by atoms with Crippen molar-refractivity contribution in [2.75, 3.05) is 0 Å². The highest BCUT2D eigenvalue weighted by atomic mass is 35.6. The summed E-state index contributed by atoms with van der Waals surface area (Å²) in [6, 6.07) is 0. The van der Waals surface area contributed by atoms with Gasteiger partial charge in [-0.25, -0.2) is 0 Å². The number of halogens is 7. The van der Waals surface area contributed by atoms with Gasteiger partial charge in [0, 0.05) is 0 Å². The lowest BCUT2D eigenvalue weighted by Crippen LogP contribution is -2.41. The molecule has 0 rings (SSSR count). The number of hydrogen-bond acceptors (Lipinski definition) is 0. The van der Waals surface area contributed by atoms with Crippen molar-refractivity contribution in [1.29, 1.82) is 0 Å². The highest BCUT2D eigenvalue weighted by Gasteiger charge is 2.51. The summed E-state index contributed by atoms with van der Waals surface area (Å²) in [5.74, 6) is 0. The quantitative estimate of drug-likeness (QED) is 0.409. The average molecular weight is 266 g/mol. The van der Waals surface area contributed by atoms with Crippen LogP contribution in [0.5, 0.6) is 0 Å². The van der Waals surface area contributed by atoms with Crippen molar-refractivity contribution in [3.05, 3.63) is 0 Å². The van der Waals surface area contributed by atoms with Crippen LogP contribution in [0.3, 0.4) is 0 Å². The first kappa shape index (κ1) is 12.2. The zero-order chi connectivity index (χ0) is 9.28. The molecule has 11 heavy (non-hydrogen) atoms. The smallest absolute Gasteiger partial charge is 0.172 e. The first-order valence-electron chi connectivity index (χ1n) is 2.36. The monoisotopic (exact) mass is 264 g/mol. The molecule has 0 aromatic carbocycles. The van der Waals surface area contributed by atoms with Crippen LogP contribution >= 0.6 is 45.9 Å². The van der Waals surface area contributed by atoms with Gasteiger partial charge in [-0.3, -0.25) is 0 Å². The van der Waals surface area contributed by atoms with Gasteiger partial charge in [0.15, 0.2) is 14.2 Å². The average Bonchev–Trinajstić information content (AvgIpc) is 1.84. The van der Waals surface area contributed by atoms with Gasteiger partial charge in [-0.05, 0) is 0 Å². The summed E-state index contributed by atoms with van der Waals surface area (Å²) < 4.78 is 33.4. The maximum absolute atomic E-state index is 11.8. The van der Waals surface area contributed by atoms with Crippen molar-refractivity contribution < 1.29 is 13.2 Å². The van der Waals surface area contributed by atoms with Crippen molar-refractivity contribution in [3.63, 3.8) is 0 Å². The predicted molar refractivity (Wildman–Crippen MR) is 44.5 cm³/mol. The molecule has 0 nitrogen and oxygen atoms in total. The van der Waals surface area contributed by atoms with Crippen LogP contribution in [0.15, 0.2) is 0 Å². The van der Waals surface area contributed by atoms with E-state index in [1.54, 1.807) is 0 Å². The largest absolute Gasteiger partial charge is 0.407 e. The molecule has 0 saturated heterocycles. The molecule has 0 aliphatic carbocycles. The Kier molecular flexibility index (Phi) is 4.33. The number of alkyl halides is 6. The van der Waals surface area contributed by atoms with Crippen LogP contribution in [-0.2, 0) is 0 Å². The Morgan fingerprint density at radius 1 is 1.18 bits per heavy atom. The molecule has 0 bridgehead atoms. The highest BCUT2D eigenvalue weighted by Crippen LogP contribution is 2.39. The third-order valence-corrected chi connectivity index (χ3v) is 6.03. The molecule has 68 valence electrons. The summed E-state index contributed by atoms with van der Waals surface area (Å²) in [5.41, 5.74) is 0. The van der Waals surface area contributed by atoms with Crippen LogP contribution in [0.1, 0.15) is 0 Å². The molecule has 0 aromatic heterocycles. The summed E-state index contributed by atoms with van der Waals surface area (Å²) in [7, 11) is -1.73. The Morgan fingerprint density at radius 3 is 1.64 bits per heavy atom. The van der Waals surface area contributed by atoms with Crippen molar-refractivity contribution in [2.24, 2.45) is 0 Å². The third-order valence-electron chi connectivity index (χ3n) is 0.836. The van der Waals surface area contributed by atoms with E-state index < -0.39 is 24.3 Å². The van der Waals surface area contributed by atoms with Crippen molar-refractivity contribution in [1.82, 2.24) is 0 Å². The second-order valence-electron chi connectivity index (χ2n) is 1.80. The van der Waals surface area contributed by atoms with E-state index in [2.05, 4.69) is 0 Å². The minimum atomic E-state index is -4.60. The van der Waals surface area contributed by atoms with Crippen LogP contribution in [0.2, 0.25) is 0 Å². The summed E-state index contributed by atoms with van der Waals surface area (Å²) in [5, 5.41) is -2.29. The van der Waals surface area contributed by atoms with Gasteiger partial charge in [0.25, 0.3) is 0 Å². The van der Waals surface area contributed by atoms with Gasteiger partial charge in [-0.2, -0.15) is 24.3 Å². The maximum atomic E-state index is 11.8. The van der Waals surface area contributed by atoms with Gasteiger partial charge in [0.05, 0.1) is 0 Å². The highest BCUT2D eigenvalue weighted by molar-refractivity contribution is 7.04. The van der Waals surface area contributed by atoms with Crippen LogP contribution in [0.25, 0.3) is 0 Å². The number of rotatable bonds is 2. The fraction of sp³-hybridized carbons (Fsp3) is 1.00. The van der Waals surface area contributed by atoms with E-state index in [0.29, 0.717) is 0 Å². The van der Waals surface area contributed by atoms with Crippen LogP contribution < -0.4 is 0 Å². The summed E-state index contributed by atoms with van der Waals surface area (Å²) in [4.78, 5) is 0. The molecule has 0 amide bonds. The summed E-state index contributed by atoms with van der Waals surface area (Å²) in [6.45, 7) is 0. The standard InChI is InChI=1S/C3H3Cl4F3Si/c4-1(3(8,9)10)2(5,6)11-7/h1H,11H2. The molecule has 0 aliphatic rings. The first-order valence-corrected chi connectivity index (χ1v) is 6.40. The van der Waals surface area contributed by atoms with Crippen LogP contribution in [-0.4, -0.2) is 24.3 Å². The molecular formula is C3H3Cl4F3Si. The summed E-state index contributed by atoms with van der Waals surface area (Å²) >= 11 is 20.5. The second kappa shape index (κ2) is 3.92. The molecule has 8 heteroatoms. The van der Waals surface area contributed by atoms with Gasteiger partial charge in [0.2, 0.25) is 0 Å². The molecule has 0 N–H and O–H groups in total. The Morgan fingerprint density at radius 2 is 1.55 bits per heavy atom. The molecule has 0 heterocycles. The molecule has 0 fully saturated rings. The number of hydrogen-bond donors (Lipinski definition) is 0. The maximum Gasteiger partial charge on any atom is 0.407 e. The third kappa shape index (κ3) is 3.59. The minimum absolute atomic E-state index is 1.73. The first-order chi connectivity index (χ1) is 4.72. The molecule has 1 unspecified atom stereocenters. The Hall–Kier alpha value is 1.17. The predicted octanol–water partition coefficient (Wildman–Crippen LogP) is 2.61. The lowest BCUT2D eigenvalue weighted by atomic mass is 10.4. The van der Waals surface area contributed by atoms with Crippen LogP contribution in [0.4, 0.5) is 13.2 Å². The molecule has 0 aliphatic heterocycles. The van der Waals surface area contributed by atoms with Gasteiger partial charge in [0.1, 0.15) is 3.96 Å². The minimum Gasteiger partial charge on any atom is -0.172 e. The van der Waals surface area contributed by atoms with E-state index in [9.17, 15) is 13.2 Å². The van der Waals surface area contributed by atoms with Crippen molar-refractivity contribution in [3.8, 4) is 0 Å². The SMILES string of the molecule is FC(F)(F)C(Cl)C(Cl)(Cl)[SiH2]Cl. The van der Waals surface area contributed by atoms with Gasteiger partial charge >= 0.3 is 6.18 Å². The van der Waals surface area contributed by atoms with E-state index in [4.69, 9.17) is 45.9 Å². The van der Waals surface area contributed by atoms with E-state index in [0.717, 1.165) is 0 Å². The molecule has 0 saturated carbocycles. The fourth-order valence-corrected chi connectivity index (χ4v) is 1.85. The topological polar surface area (TPSA) is 0 Å².